The van der Waals surface area contributed by atoms with Gasteiger partial charge in [0.15, 0.2) is 0 Å². The normalized spacial score (nSPS) is 12.3. The summed E-state index contributed by atoms with van der Waals surface area (Å²) in [4.78, 5) is 12.4. The molecule has 19 heavy (non-hydrogen) atoms. The van der Waals surface area contributed by atoms with Gasteiger partial charge in [-0.2, -0.15) is 0 Å². The van der Waals surface area contributed by atoms with Crippen LogP contribution in [0, 0.1) is 0 Å². The Morgan fingerprint density at radius 3 is 2.63 bits per heavy atom. The molecule has 5 heteroatoms. The number of carbonyl (C=O) groups is 1. The van der Waals surface area contributed by atoms with Gasteiger partial charge in [0.1, 0.15) is 6.04 Å². The van der Waals surface area contributed by atoms with Crippen molar-refractivity contribution in [2.75, 3.05) is 26.0 Å². The largest absolute Gasteiger partial charge is 0.480 e. The summed E-state index contributed by atoms with van der Waals surface area (Å²) in [7, 11) is 0. The van der Waals surface area contributed by atoms with Crippen molar-refractivity contribution in [3.63, 3.8) is 0 Å². The molecule has 0 radical (unpaired) electrons. The van der Waals surface area contributed by atoms with Crippen molar-refractivity contribution in [1.82, 2.24) is 5.32 Å². The average Bonchev–Trinajstić information content (AvgIpc) is 2.43. The van der Waals surface area contributed by atoms with E-state index in [1.807, 2.05) is 37.4 Å². The number of ether oxygens (including phenoxy) is 1. The molecule has 0 amide bonds. The summed E-state index contributed by atoms with van der Waals surface area (Å²) >= 11 is 1.64. The van der Waals surface area contributed by atoms with E-state index in [2.05, 4.69) is 5.32 Å². The Balaban J connectivity index is 2.53. The summed E-state index contributed by atoms with van der Waals surface area (Å²) in [5, 5.41) is 12.3. The minimum atomic E-state index is -0.853. The zero-order chi connectivity index (χ0) is 14.1. The van der Waals surface area contributed by atoms with Crippen LogP contribution >= 0.6 is 11.8 Å². The summed E-state index contributed by atoms with van der Waals surface area (Å²) in [5.74, 6) is -0.853. The Morgan fingerprint density at radius 1 is 1.42 bits per heavy atom. The second kappa shape index (κ2) is 8.96. The molecule has 0 spiro atoms. The Bertz CT molecular complexity index is 381. The number of hydrogen-bond donors (Lipinski definition) is 2. The highest BCUT2D eigenvalue weighted by atomic mass is 32.2. The maximum Gasteiger partial charge on any atom is 0.325 e. The van der Waals surface area contributed by atoms with Crippen LogP contribution in [-0.4, -0.2) is 37.1 Å². The molecule has 2 N–H and O–H groups in total. The van der Waals surface area contributed by atoms with Gasteiger partial charge in [0.2, 0.25) is 0 Å². The monoisotopic (exact) mass is 283 g/mol. The summed E-state index contributed by atoms with van der Waals surface area (Å²) in [6, 6.07) is 6.95. The zero-order valence-corrected chi connectivity index (χ0v) is 12.2. The molecule has 0 saturated heterocycles. The minimum absolute atomic E-state index is 0.626. The molecule has 0 aliphatic heterocycles. The minimum Gasteiger partial charge on any atom is -0.480 e. The number of nitrogens with one attached hydrogen (secondary N) is 1. The van der Waals surface area contributed by atoms with Crippen LogP contribution in [0.4, 0.5) is 0 Å². The van der Waals surface area contributed by atoms with Crippen molar-refractivity contribution < 1.29 is 14.6 Å². The number of thioether (sulfide) groups is 1. The second-order valence-electron chi connectivity index (χ2n) is 4.05. The molecule has 0 aliphatic rings. The molecular formula is C14H21NO3S. The standard InChI is InChI=1S/C14H21NO3S/c1-3-18-10-4-9-15-13(14(16)17)11-5-7-12(19-2)8-6-11/h5-8,13,15H,3-4,9-10H2,1-2H3,(H,16,17). The van der Waals surface area contributed by atoms with Crippen LogP contribution < -0.4 is 5.32 Å². The van der Waals surface area contributed by atoms with Crippen molar-refractivity contribution in [3.8, 4) is 0 Å². The van der Waals surface area contributed by atoms with Crippen molar-refractivity contribution in [3.05, 3.63) is 29.8 Å². The lowest BCUT2D eigenvalue weighted by Gasteiger charge is -2.15. The summed E-state index contributed by atoms with van der Waals surface area (Å²) in [6.07, 6.45) is 2.80. The highest BCUT2D eigenvalue weighted by Crippen LogP contribution is 2.19. The molecule has 0 saturated carbocycles. The first kappa shape index (κ1) is 16.0. The van der Waals surface area contributed by atoms with E-state index in [0.717, 1.165) is 16.9 Å². The lowest BCUT2D eigenvalue weighted by atomic mass is 10.1. The average molecular weight is 283 g/mol. The SMILES string of the molecule is CCOCCCNC(C(=O)O)c1ccc(SC)cc1. The van der Waals surface area contributed by atoms with E-state index in [9.17, 15) is 9.90 Å². The highest BCUT2D eigenvalue weighted by molar-refractivity contribution is 7.98. The van der Waals surface area contributed by atoms with Crippen LogP contribution in [0.15, 0.2) is 29.2 Å². The van der Waals surface area contributed by atoms with E-state index in [-0.39, 0.29) is 0 Å². The molecule has 1 atom stereocenters. The Labute approximate surface area is 118 Å². The first-order valence-corrected chi connectivity index (χ1v) is 7.59. The molecular weight excluding hydrogens is 262 g/mol. The Kier molecular flexibility index (Phi) is 7.55. The van der Waals surface area contributed by atoms with Crippen LogP contribution in [-0.2, 0) is 9.53 Å². The van der Waals surface area contributed by atoms with Gasteiger partial charge in [0, 0.05) is 18.1 Å². The quantitative estimate of drug-likeness (QED) is 0.539. The molecule has 0 aromatic heterocycles. The number of rotatable bonds is 9. The topological polar surface area (TPSA) is 58.6 Å². The number of carboxylic acid groups (broad SMARTS) is 1. The summed E-state index contributed by atoms with van der Waals surface area (Å²) < 4.78 is 5.22. The predicted molar refractivity (Wildman–Crippen MR) is 77.7 cm³/mol. The third-order valence-electron chi connectivity index (χ3n) is 2.71. The molecule has 4 nitrogen and oxygen atoms in total. The van der Waals surface area contributed by atoms with Crippen LogP contribution in [0.5, 0.6) is 0 Å². The highest BCUT2D eigenvalue weighted by Gasteiger charge is 2.18. The van der Waals surface area contributed by atoms with Gasteiger partial charge >= 0.3 is 5.97 Å². The van der Waals surface area contributed by atoms with Gasteiger partial charge in [-0.15, -0.1) is 11.8 Å². The van der Waals surface area contributed by atoms with Gasteiger partial charge in [0.25, 0.3) is 0 Å². The summed E-state index contributed by atoms with van der Waals surface area (Å²) in [6.45, 7) is 3.92. The van der Waals surface area contributed by atoms with E-state index >= 15 is 0 Å². The van der Waals surface area contributed by atoms with Gasteiger partial charge in [0.05, 0.1) is 0 Å². The molecule has 106 valence electrons. The van der Waals surface area contributed by atoms with E-state index in [0.29, 0.717) is 19.8 Å². The molecule has 0 fully saturated rings. The molecule has 1 rings (SSSR count). The number of carboxylic acids is 1. The van der Waals surface area contributed by atoms with E-state index in [1.54, 1.807) is 11.8 Å². The van der Waals surface area contributed by atoms with Crippen molar-refractivity contribution in [1.29, 1.82) is 0 Å². The lowest BCUT2D eigenvalue weighted by Crippen LogP contribution is -2.29. The predicted octanol–water partition coefficient (Wildman–Crippen LogP) is 2.55. The first-order chi connectivity index (χ1) is 9.19. The van der Waals surface area contributed by atoms with E-state index in [1.165, 1.54) is 0 Å². The third kappa shape index (κ3) is 5.63. The van der Waals surface area contributed by atoms with Crippen LogP contribution in [0.25, 0.3) is 0 Å². The maximum atomic E-state index is 11.3. The van der Waals surface area contributed by atoms with Crippen LogP contribution in [0.1, 0.15) is 24.9 Å². The van der Waals surface area contributed by atoms with Crippen molar-refractivity contribution in [2.24, 2.45) is 0 Å². The van der Waals surface area contributed by atoms with Gasteiger partial charge in [-0.25, -0.2) is 0 Å². The molecule has 1 aromatic rings. The fourth-order valence-electron chi connectivity index (χ4n) is 1.71. The fraction of sp³-hybridized carbons (Fsp3) is 0.500. The number of aliphatic carboxylic acids is 1. The zero-order valence-electron chi connectivity index (χ0n) is 11.4. The van der Waals surface area contributed by atoms with Crippen molar-refractivity contribution in [2.45, 2.75) is 24.3 Å². The lowest BCUT2D eigenvalue weighted by molar-refractivity contribution is -0.139. The molecule has 0 aliphatic carbocycles. The number of hydrogen-bond acceptors (Lipinski definition) is 4. The summed E-state index contributed by atoms with van der Waals surface area (Å²) in [5.41, 5.74) is 0.779. The molecule has 1 unspecified atom stereocenters. The van der Waals surface area contributed by atoms with Crippen LogP contribution in [0.3, 0.4) is 0 Å². The Morgan fingerprint density at radius 2 is 2.11 bits per heavy atom. The smallest absolute Gasteiger partial charge is 0.325 e. The van der Waals surface area contributed by atoms with Gasteiger partial charge in [-0.3, -0.25) is 4.79 Å². The fourth-order valence-corrected chi connectivity index (χ4v) is 2.12. The maximum absolute atomic E-state index is 11.3. The van der Waals surface area contributed by atoms with E-state index in [4.69, 9.17) is 4.74 Å². The molecule has 0 bridgehead atoms. The van der Waals surface area contributed by atoms with Crippen molar-refractivity contribution >= 4 is 17.7 Å². The molecule has 0 heterocycles. The first-order valence-electron chi connectivity index (χ1n) is 6.37. The van der Waals surface area contributed by atoms with Gasteiger partial charge in [-0.1, -0.05) is 12.1 Å². The Hall–Kier alpha value is -1.04. The van der Waals surface area contributed by atoms with Gasteiger partial charge < -0.3 is 15.2 Å². The second-order valence-corrected chi connectivity index (χ2v) is 4.93. The van der Waals surface area contributed by atoms with E-state index < -0.39 is 12.0 Å². The molecule has 1 aromatic carbocycles. The third-order valence-corrected chi connectivity index (χ3v) is 3.46. The van der Waals surface area contributed by atoms with Gasteiger partial charge in [-0.05, 0) is 43.8 Å². The number of benzene rings is 1. The van der Waals surface area contributed by atoms with Crippen LogP contribution in [0.2, 0.25) is 0 Å².